The van der Waals surface area contributed by atoms with Gasteiger partial charge in [-0.05, 0) is 41.3 Å². The molecule has 0 aliphatic carbocycles. The third kappa shape index (κ3) is 5.38. The van der Waals surface area contributed by atoms with E-state index in [1.54, 1.807) is 18.2 Å². The second-order valence-corrected chi connectivity index (χ2v) is 7.78. The van der Waals surface area contributed by atoms with Gasteiger partial charge in [-0.1, -0.05) is 38.1 Å². The van der Waals surface area contributed by atoms with E-state index in [2.05, 4.69) is 23.9 Å². The summed E-state index contributed by atoms with van der Waals surface area (Å²) in [7, 11) is -3.32. The quantitative estimate of drug-likeness (QED) is 0.844. The third-order valence-corrected chi connectivity index (χ3v) is 4.13. The van der Waals surface area contributed by atoms with Crippen LogP contribution in [0.3, 0.4) is 0 Å². The van der Waals surface area contributed by atoms with Gasteiger partial charge in [-0.15, -0.1) is 0 Å². The van der Waals surface area contributed by atoms with Crippen molar-refractivity contribution in [3.63, 3.8) is 0 Å². The zero-order valence-corrected chi connectivity index (χ0v) is 14.9. The Labute approximate surface area is 143 Å². The van der Waals surface area contributed by atoms with Gasteiger partial charge in [0, 0.05) is 17.8 Å². The highest BCUT2D eigenvalue weighted by molar-refractivity contribution is 7.92. The molecular weight excluding hydrogens is 324 g/mol. The van der Waals surface area contributed by atoms with Crippen LogP contribution in [-0.2, 0) is 16.6 Å². The van der Waals surface area contributed by atoms with Gasteiger partial charge in [0.25, 0.3) is 5.91 Å². The first-order valence-electron chi connectivity index (χ1n) is 7.69. The van der Waals surface area contributed by atoms with Gasteiger partial charge in [-0.3, -0.25) is 9.52 Å². The minimum atomic E-state index is -3.32. The summed E-state index contributed by atoms with van der Waals surface area (Å²) in [5.74, 6) is 0.263. The lowest BCUT2D eigenvalue weighted by molar-refractivity contribution is 0.0951. The molecule has 0 aliphatic heterocycles. The van der Waals surface area contributed by atoms with Gasteiger partial charge in [0.1, 0.15) is 0 Å². The van der Waals surface area contributed by atoms with Gasteiger partial charge in [-0.25, -0.2) is 8.42 Å². The number of benzene rings is 2. The summed E-state index contributed by atoms with van der Waals surface area (Å²) in [6.07, 6.45) is 1.10. The second-order valence-electron chi connectivity index (χ2n) is 6.03. The molecule has 128 valence electrons. The number of nitrogens with one attached hydrogen (secondary N) is 2. The van der Waals surface area contributed by atoms with E-state index in [0.717, 1.165) is 11.8 Å². The van der Waals surface area contributed by atoms with Crippen LogP contribution in [0.4, 0.5) is 5.69 Å². The molecule has 24 heavy (non-hydrogen) atoms. The molecule has 0 aliphatic rings. The molecule has 0 spiro atoms. The van der Waals surface area contributed by atoms with Crippen molar-refractivity contribution >= 4 is 21.6 Å². The number of sulfonamides is 1. The fourth-order valence-electron chi connectivity index (χ4n) is 2.26. The minimum absolute atomic E-state index is 0.160. The van der Waals surface area contributed by atoms with Gasteiger partial charge in [-0.2, -0.15) is 0 Å². The van der Waals surface area contributed by atoms with Crippen molar-refractivity contribution in [3.05, 3.63) is 65.2 Å². The lowest BCUT2D eigenvalue weighted by Crippen LogP contribution is -2.22. The zero-order chi connectivity index (χ0) is 17.7. The van der Waals surface area contributed by atoms with Crippen LogP contribution in [-0.4, -0.2) is 20.6 Å². The molecule has 2 N–H and O–H groups in total. The molecule has 0 radical (unpaired) electrons. The van der Waals surface area contributed by atoms with Crippen LogP contribution in [0.1, 0.15) is 41.3 Å². The number of carbonyl (C=O) groups is 1. The predicted octanol–water partition coefficient (Wildman–Crippen LogP) is 3.11. The molecule has 0 saturated carbocycles. The first-order valence-corrected chi connectivity index (χ1v) is 9.58. The topological polar surface area (TPSA) is 75.3 Å². The SMILES string of the molecule is CC(C)c1ccc(C(=O)NCc2cccc(NS(C)(=O)=O)c2)cc1. The Kier molecular flexibility index (Phi) is 5.62. The van der Waals surface area contributed by atoms with Crippen LogP contribution in [0.5, 0.6) is 0 Å². The number of carbonyl (C=O) groups excluding carboxylic acids is 1. The zero-order valence-electron chi connectivity index (χ0n) is 14.0. The summed E-state index contributed by atoms with van der Waals surface area (Å²) in [5, 5.41) is 2.84. The fraction of sp³-hybridized carbons (Fsp3) is 0.278. The number of hydrogen-bond acceptors (Lipinski definition) is 3. The predicted molar refractivity (Wildman–Crippen MR) is 96.6 cm³/mol. The second kappa shape index (κ2) is 7.49. The molecule has 0 unspecified atom stereocenters. The molecule has 1 amide bonds. The van der Waals surface area contributed by atoms with E-state index < -0.39 is 10.0 Å². The van der Waals surface area contributed by atoms with Crippen molar-refractivity contribution in [2.45, 2.75) is 26.3 Å². The molecule has 0 aromatic heterocycles. The summed E-state index contributed by atoms with van der Waals surface area (Å²) in [6, 6.07) is 14.5. The summed E-state index contributed by atoms with van der Waals surface area (Å²) in [5.41, 5.74) is 3.08. The summed E-state index contributed by atoms with van der Waals surface area (Å²) in [6.45, 7) is 4.53. The van der Waals surface area contributed by atoms with Crippen molar-refractivity contribution in [2.75, 3.05) is 11.0 Å². The molecule has 2 rings (SSSR count). The van der Waals surface area contributed by atoms with Crippen LogP contribution in [0.25, 0.3) is 0 Å². The van der Waals surface area contributed by atoms with Gasteiger partial charge in [0.15, 0.2) is 0 Å². The van der Waals surface area contributed by atoms with E-state index >= 15 is 0 Å². The van der Waals surface area contributed by atoms with Crippen molar-refractivity contribution in [1.82, 2.24) is 5.32 Å². The molecule has 0 heterocycles. The summed E-state index contributed by atoms with van der Waals surface area (Å²) < 4.78 is 24.9. The Morgan fingerprint density at radius 2 is 1.75 bits per heavy atom. The summed E-state index contributed by atoms with van der Waals surface area (Å²) >= 11 is 0. The monoisotopic (exact) mass is 346 g/mol. The van der Waals surface area contributed by atoms with Crippen molar-refractivity contribution in [2.24, 2.45) is 0 Å². The average molecular weight is 346 g/mol. The molecule has 0 atom stereocenters. The maximum atomic E-state index is 12.2. The third-order valence-electron chi connectivity index (χ3n) is 3.52. The lowest BCUT2D eigenvalue weighted by Gasteiger charge is -2.09. The highest BCUT2D eigenvalue weighted by atomic mass is 32.2. The molecule has 2 aromatic rings. The van der Waals surface area contributed by atoms with Crippen LogP contribution in [0, 0.1) is 0 Å². The van der Waals surface area contributed by atoms with Crippen LogP contribution in [0.2, 0.25) is 0 Å². The van der Waals surface area contributed by atoms with Gasteiger partial charge in [0.2, 0.25) is 10.0 Å². The van der Waals surface area contributed by atoms with E-state index in [9.17, 15) is 13.2 Å². The van der Waals surface area contributed by atoms with Gasteiger partial charge >= 0.3 is 0 Å². The van der Waals surface area contributed by atoms with Crippen LogP contribution < -0.4 is 10.0 Å². The largest absolute Gasteiger partial charge is 0.348 e. The Balaban J connectivity index is 2.00. The number of amides is 1. The molecule has 2 aromatic carbocycles. The standard InChI is InChI=1S/C18H22N2O3S/c1-13(2)15-7-9-16(10-8-15)18(21)19-12-14-5-4-6-17(11-14)20-24(3,22)23/h4-11,13,20H,12H2,1-3H3,(H,19,21). The summed E-state index contributed by atoms with van der Waals surface area (Å²) in [4.78, 5) is 12.2. The molecule has 0 bridgehead atoms. The Hall–Kier alpha value is -2.34. The smallest absolute Gasteiger partial charge is 0.251 e. The Morgan fingerprint density at radius 1 is 1.08 bits per heavy atom. The fourth-order valence-corrected chi connectivity index (χ4v) is 2.82. The number of hydrogen-bond donors (Lipinski definition) is 2. The maximum absolute atomic E-state index is 12.2. The highest BCUT2D eigenvalue weighted by Crippen LogP contribution is 2.15. The van der Waals surface area contributed by atoms with E-state index in [4.69, 9.17) is 0 Å². The van der Waals surface area contributed by atoms with Crippen molar-refractivity contribution in [1.29, 1.82) is 0 Å². The molecular formula is C18H22N2O3S. The molecule has 5 nitrogen and oxygen atoms in total. The molecule has 0 saturated heterocycles. The highest BCUT2D eigenvalue weighted by Gasteiger charge is 2.07. The van der Waals surface area contributed by atoms with Gasteiger partial charge < -0.3 is 5.32 Å². The average Bonchev–Trinajstić information content (AvgIpc) is 2.51. The van der Waals surface area contributed by atoms with E-state index in [-0.39, 0.29) is 5.91 Å². The van der Waals surface area contributed by atoms with E-state index in [1.165, 1.54) is 5.56 Å². The first-order chi connectivity index (χ1) is 11.2. The van der Waals surface area contributed by atoms with Crippen LogP contribution in [0.15, 0.2) is 48.5 Å². The van der Waals surface area contributed by atoms with E-state index in [1.807, 2.05) is 30.3 Å². The minimum Gasteiger partial charge on any atom is -0.348 e. The Bertz CT molecular complexity index is 812. The maximum Gasteiger partial charge on any atom is 0.251 e. The van der Waals surface area contributed by atoms with Gasteiger partial charge in [0.05, 0.1) is 6.26 Å². The Morgan fingerprint density at radius 3 is 2.33 bits per heavy atom. The number of anilines is 1. The number of rotatable bonds is 6. The molecule has 0 fully saturated rings. The van der Waals surface area contributed by atoms with Crippen LogP contribution >= 0.6 is 0 Å². The lowest BCUT2D eigenvalue weighted by atomic mass is 10.0. The first kappa shape index (κ1) is 18.0. The normalized spacial score (nSPS) is 11.3. The van der Waals surface area contributed by atoms with E-state index in [0.29, 0.717) is 23.7 Å². The van der Waals surface area contributed by atoms with Crippen molar-refractivity contribution in [3.8, 4) is 0 Å². The molecule has 6 heteroatoms. The van der Waals surface area contributed by atoms with Crippen molar-refractivity contribution < 1.29 is 13.2 Å².